The molecule has 0 saturated carbocycles. The number of aliphatic hydroxyl groups excluding tert-OH is 1. The van der Waals surface area contributed by atoms with E-state index in [1.807, 2.05) is 35.1 Å². The van der Waals surface area contributed by atoms with Gasteiger partial charge in [-0.3, -0.25) is 0 Å². The molecule has 0 amide bonds. The van der Waals surface area contributed by atoms with E-state index in [-0.39, 0.29) is 18.1 Å². The van der Waals surface area contributed by atoms with Crippen molar-refractivity contribution in [3.8, 4) is 17.6 Å². The van der Waals surface area contributed by atoms with Crippen molar-refractivity contribution in [3.05, 3.63) is 107 Å². The van der Waals surface area contributed by atoms with Crippen molar-refractivity contribution in [2.75, 3.05) is 4.31 Å². The van der Waals surface area contributed by atoms with Crippen molar-refractivity contribution >= 4 is 15.9 Å². The molecule has 3 aromatic carbocycles. The fraction of sp³-hybridized carbons (Fsp3) is 0.0435. The number of hydrogen-bond acceptors (Lipinski definition) is 4. The quantitative estimate of drug-likeness (QED) is 0.610. The van der Waals surface area contributed by atoms with Gasteiger partial charge in [-0.2, -0.15) is 8.42 Å². The Balaban J connectivity index is 1.69. The van der Waals surface area contributed by atoms with Crippen LogP contribution in [0.5, 0.6) is 5.75 Å². The highest BCUT2D eigenvalue weighted by Crippen LogP contribution is 2.34. The standard InChI is InChI=1S/C23H17FN2O4S/c24-20-11-8-17(9-12-20)6-7-18-10-13-22(30-16-19-4-2-1-3-5-19)21(14-18)26-15-23(27)25-31(26,28)29/h1-5,8-15,25,27H,16H2. The Kier molecular flexibility index (Phi) is 5.52. The zero-order chi connectivity index (χ0) is 21.8. The van der Waals surface area contributed by atoms with Crippen molar-refractivity contribution in [2.24, 2.45) is 0 Å². The predicted octanol–water partition coefficient (Wildman–Crippen LogP) is 3.82. The van der Waals surface area contributed by atoms with Gasteiger partial charge in [-0.25, -0.2) is 13.4 Å². The second-order valence-electron chi connectivity index (χ2n) is 6.63. The van der Waals surface area contributed by atoms with Crippen LogP contribution in [0.2, 0.25) is 0 Å². The minimum atomic E-state index is -4.01. The van der Waals surface area contributed by atoms with Crippen LogP contribution in [0.3, 0.4) is 0 Å². The number of anilines is 1. The number of hydrogen-bond donors (Lipinski definition) is 2. The van der Waals surface area contributed by atoms with Crippen molar-refractivity contribution in [3.63, 3.8) is 0 Å². The van der Waals surface area contributed by atoms with Gasteiger partial charge in [-0.1, -0.05) is 42.2 Å². The normalized spacial score (nSPS) is 14.2. The first-order valence-corrected chi connectivity index (χ1v) is 10.7. The second-order valence-corrected chi connectivity index (χ2v) is 8.18. The molecule has 2 N–H and O–H groups in total. The van der Waals surface area contributed by atoms with Gasteiger partial charge in [0.1, 0.15) is 23.9 Å². The monoisotopic (exact) mass is 436 g/mol. The maximum absolute atomic E-state index is 13.1. The molecule has 8 heteroatoms. The van der Waals surface area contributed by atoms with Gasteiger partial charge in [0.15, 0.2) is 0 Å². The first-order chi connectivity index (χ1) is 14.9. The van der Waals surface area contributed by atoms with E-state index in [1.165, 1.54) is 12.1 Å². The number of ether oxygens (including phenoxy) is 1. The average Bonchev–Trinajstić information content (AvgIpc) is 3.04. The van der Waals surface area contributed by atoms with Crippen LogP contribution in [0, 0.1) is 17.7 Å². The number of nitrogens with one attached hydrogen (secondary N) is 1. The van der Waals surface area contributed by atoms with Gasteiger partial charge < -0.3 is 9.84 Å². The zero-order valence-corrected chi connectivity index (χ0v) is 16.9. The predicted molar refractivity (Wildman–Crippen MR) is 115 cm³/mol. The zero-order valence-electron chi connectivity index (χ0n) is 16.1. The lowest BCUT2D eigenvalue weighted by Crippen LogP contribution is -2.30. The number of rotatable bonds is 4. The van der Waals surface area contributed by atoms with Crippen molar-refractivity contribution < 1.29 is 22.7 Å². The topological polar surface area (TPSA) is 78.9 Å². The Morgan fingerprint density at radius 3 is 2.32 bits per heavy atom. The Hall–Kier alpha value is -3.96. The van der Waals surface area contributed by atoms with Crippen molar-refractivity contribution in [2.45, 2.75) is 6.61 Å². The number of benzene rings is 3. The maximum Gasteiger partial charge on any atom is 0.330 e. The molecule has 0 unspecified atom stereocenters. The van der Waals surface area contributed by atoms with Gasteiger partial charge >= 0.3 is 10.2 Å². The average molecular weight is 436 g/mol. The Morgan fingerprint density at radius 2 is 1.65 bits per heavy atom. The third-order valence-electron chi connectivity index (χ3n) is 4.36. The minimum absolute atomic E-state index is 0.193. The summed E-state index contributed by atoms with van der Waals surface area (Å²) in [7, 11) is -4.01. The number of halogens is 1. The lowest BCUT2D eigenvalue weighted by Gasteiger charge is -2.18. The molecule has 0 aliphatic carbocycles. The third kappa shape index (κ3) is 4.79. The van der Waals surface area contributed by atoms with Crippen LogP contribution < -0.4 is 13.8 Å². The van der Waals surface area contributed by atoms with Crippen LogP contribution in [0.4, 0.5) is 10.1 Å². The van der Waals surface area contributed by atoms with Gasteiger partial charge in [0.05, 0.1) is 6.20 Å². The molecule has 0 saturated heterocycles. The molecule has 0 radical (unpaired) electrons. The van der Waals surface area contributed by atoms with Gasteiger partial charge in [-0.15, -0.1) is 0 Å². The van der Waals surface area contributed by atoms with E-state index in [0.29, 0.717) is 16.9 Å². The summed E-state index contributed by atoms with van der Waals surface area (Å²) in [5.41, 5.74) is 2.23. The van der Waals surface area contributed by atoms with Crippen LogP contribution >= 0.6 is 0 Å². The summed E-state index contributed by atoms with van der Waals surface area (Å²) in [4.78, 5) is 0. The number of nitrogens with zero attached hydrogens (tertiary/aromatic N) is 1. The van der Waals surface area contributed by atoms with Gasteiger partial charge in [0.25, 0.3) is 0 Å². The Morgan fingerprint density at radius 1 is 0.968 bits per heavy atom. The van der Waals surface area contributed by atoms with Crippen molar-refractivity contribution in [1.29, 1.82) is 0 Å². The summed E-state index contributed by atoms with van der Waals surface area (Å²) in [6, 6.07) is 20.0. The molecular formula is C23H17FN2O4S. The third-order valence-corrected chi connectivity index (χ3v) is 5.65. The SMILES string of the molecule is O=S1(=O)NC(O)=CN1c1cc(C#Cc2ccc(F)cc2)ccc1OCc1ccccc1. The molecule has 1 aliphatic heterocycles. The summed E-state index contributed by atoms with van der Waals surface area (Å²) < 4.78 is 46.6. The van der Waals surface area contributed by atoms with E-state index in [9.17, 15) is 17.9 Å². The van der Waals surface area contributed by atoms with Crippen LogP contribution in [0.1, 0.15) is 16.7 Å². The smallest absolute Gasteiger partial charge is 0.330 e. The lowest BCUT2D eigenvalue weighted by molar-refractivity contribution is 0.307. The van der Waals surface area contributed by atoms with Gasteiger partial charge in [0, 0.05) is 11.1 Å². The van der Waals surface area contributed by atoms with Gasteiger partial charge in [-0.05, 0) is 48.0 Å². The van der Waals surface area contributed by atoms with Crippen LogP contribution in [0.25, 0.3) is 0 Å². The van der Waals surface area contributed by atoms with E-state index in [4.69, 9.17) is 4.74 Å². The molecule has 0 aromatic heterocycles. The van der Waals surface area contributed by atoms with E-state index in [0.717, 1.165) is 16.1 Å². The molecule has 0 spiro atoms. The largest absolute Gasteiger partial charge is 0.493 e. The molecule has 3 aromatic rings. The highest BCUT2D eigenvalue weighted by Gasteiger charge is 2.31. The Labute approximate surface area is 179 Å². The molecule has 4 rings (SSSR count). The fourth-order valence-electron chi connectivity index (χ4n) is 2.89. The maximum atomic E-state index is 13.1. The molecule has 1 aliphatic rings. The van der Waals surface area contributed by atoms with Crippen LogP contribution in [0.15, 0.2) is 84.9 Å². The summed E-state index contributed by atoms with van der Waals surface area (Å²) in [5, 5.41) is 9.67. The molecular weight excluding hydrogens is 419 g/mol. The molecule has 6 nitrogen and oxygen atoms in total. The minimum Gasteiger partial charge on any atom is -0.493 e. The molecule has 0 bridgehead atoms. The molecule has 31 heavy (non-hydrogen) atoms. The van der Waals surface area contributed by atoms with Gasteiger partial charge in [0.2, 0.25) is 5.88 Å². The summed E-state index contributed by atoms with van der Waals surface area (Å²) in [5.74, 6) is 5.28. The van der Waals surface area contributed by atoms with E-state index < -0.39 is 16.1 Å². The molecule has 156 valence electrons. The first-order valence-electron chi connectivity index (χ1n) is 9.22. The molecule has 1 heterocycles. The summed E-state index contributed by atoms with van der Waals surface area (Å²) in [6.45, 7) is 0.228. The van der Waals surface area contributed by atoms with E-state index >= 15 is 0 Å². The second kappa shape index (κ2) is 8.42. The fourth-order valence-corrected chi connectivity index (χ4v) is 3.95. The van der Waals surface area contributed by atoms with Crippen molar-refractivity contribution in [1.82, 2.24) is 4.72 Å². The highest BCUT2D eigenvalue weighted by atomic mass is 32.2. The number of aliphatic hydroxyl groups is 1. The summed E-state index contributed by atoms with van der Waals surface area (Å²) in [6.07, 6.45) is 1.05. The lowest BCUT2D eigenvalue weighted by atomic mass is 10.1. The summed E-state index contributed by atoms with van der Waals surface area (Å²) >= 11 is 0. The molecule has 0 atom stereocenters. The Bertz CT molecular complexity index is 1290. The van der Waals surface area contributed by atoms with Crippen LogP contribution in [-0.2, 0) is 16.8 Å². The first kappa shape index (κ1) is 20.3. The van der Waals surface area contributed by atoms with E-state index in [1.54, 1.807) is 30.3 Å². The molecule has 0 fully saturated rings. The van der Waals surface area contributed by atoms with E-state index in [2.05, 4.69) is 11.8 Å². The van der Waals surface area contributed by atoms with Crippen LogP contribution in [-0.4, -0.2) is 13.5 Å². The highest BCUT2D eigenvalue weighted by molar-refractivity contribution is 7.91.